The second-order valence-corrected chi connectivity index (χ2v) is 13.4. The molecule has 0 N–H and O–H groups in total. The summed E-state index contributed by atoms with van der Waals surface area (Å²) in [5, 5.41) is 0. The van der Waals surface area contributed by atoms with Crippen LogP contribution in [0.1, 0.15) is 0 Å². The predicted octanol–water partition coefficient (Wildman–Crippen LogP) is 4.44. The van der Waals surface area contributed by atoms with Gasteiger partial charge in [0.05, 0.1) is 0 Å². The third-order valence-electron chi connectivity index (χ3n) is 5.72. The first-order valence-electron chi connectivity index (χ1n) is 10.8. The average molecular weight is 506 g/mol. The summed E-state index contributed by atoms with van der Waals surface area (Å²) in [4.78, 5) is 8.69. The molecule has 0 aliphatic carbocycles. The molecule has 3 aromatic carbocycles. The zero-order chi connectivity index (χ0) is 23.0. The summed E-state index contributed by atoms with van der Waals surface area (Å²) < 4.78 is 28.9. The van der Waals surface area contributed by atoms with Crippen LogP contribution in [0.2, 0.25) is 0 Å². The minimum atomic E-state index is -3.93. The van der Waals surface area contributed by atoms with Crippen molar-refractivity contribution in [2.75, 3.05) is 0 Å². The van der Waals surface area contributed by atoms with E-state index < -0.39 is 13.5 Å². The van der Waals surface area contributed by atoms with E-state index in [0.29, 0.717) is 27.6 Å². The molecule has 164 valence electrons. The molecule has 5 aromatic rings. The number of benzene rings is 3. The van der Waals surface area contributed by atoms with Crippen LogP contribution in [0.5, 0.6) is 23.1 Å². The monoisotopic (exact) mass is 506 g/mol. The summed E-state index contributed by atoms with van der Waals surface area (Å²) in [6.45, 7) is 0. The molecule has 2 aromatic heterocycles. The Bertz CT molecular complexity index is 1540. The number of ether oxygens (including phenoxy) is 2. The summed E-state index contributed by atoms with van der Waals surface area (Å²) >= 11 is -3.93. The van der Waals surface area contributed by atoms with Gasteiger partial charge in [0.1, 0.15) is 0 Å². The van der Waals surface area contributed by atoms with Gasteiger partial charge < -0.3 is 0 Å². The van der Waals surface area contributed by atoms with Crippen LogP contribution in [0.3, 0.4) is 0 Å². The van der Waals surface area contributed by atoms with Crippen molar-refractivity contribution in [1.29, 1.82) is 0 Å². The maximum absolute atomic E-state index is 14.6. The van der Waals surface area contributed by atoms with E-state index >= 15 is 0 Å². The van der Waals surface area contributed by atoms with E-state index in [-0.39, 0.29) is 0 Å². The molecule has 5 nitrogen and oxygen atoms in total. The van der Waals surface area contributed by atoms with Gasteiger partial charge in [0, 0.05) is 0 Å². The molecule has 0 amide bonds. The number of fused-ring (bicyclic) bond motifs is 3. The van der Waals surface area contributed by atoms with Gasteiger partial charge in [-0.2, -0.15) is 0 Å². The number of aromatic nitrogens is 2. The summed E-state index contributed by atoms with van der Waals surface area (Å²) in [5.41, 5.74) is 1.98. The Morgan fingerprint density at radius 3 is 2.06 bits per heavy atom. The molecular weight excluding hydrogens is 487 g/mol. The molecule has 0 saturated heterocycles. The molecule has 0 spiro atoms. The topological polar surface area (TPSA) is 61.3 Å². The van der Waals surface area contributed by atoms with Crippen LogP contribution in [0, 0.1) is 0 Å². The molecule has 1 unspecified atom stereocenters. The fraction of sp³-hybridized carbons (Fsp3) is 0. The zero-order valence-corrected chi connectivity index (χ0v) is 19.9. The predicted molar refractivity (Wildman–Crippen MR) is 132 cm³/mol. The molecule has 3 heterocycles. The third kappa shape index (κ3) is 3.51. The Morgan fingerprint density at radius 1 is 0.559 bits per heavy atom. The minimum absolute atomic E-state index is 0.508. The molecule has 1 atom stereocenters. The first-order chi connectivity index (χ1) is 16.7. The molecule has 1 aliphatic heterocycles. The van der Waals surface area contributed by atoms with Gasteiger partial charge in [0.2, 0.25) is 0 Å². The van der Waals surface area contributed by atoms with Gasteiger partial charge in [-0.3, -0.25) is 0 Å². The van der Waals surface area contributed by atoms with Crippen molar-refractivity contribution in [3.63, 3.8) is 0 Å². The van der Waals surface area contributed by atoms with Crippen LogP contribution < -0.4 is 22.7 Å². The van der Waals surface area contributed by atoms with Crippen LogP contribution in [0.4, 0.5) is 0 Å². The Morgan fingerprint density at radius 2 is 1.26 bits per heavy atom. The fourth-order valence-electron chi connectivity index (χ4n) is 4.22. The summed E-state index contributed by atoms with van der Waals surface area (Å²) in [6.07, 6.45) is 3.38. The van der Waals surface area contributed by atoms with Crippen molar-refractivity contribution in [2.45, 2.75) is 0 Å². The van der Waals surface area contributed by atoms with Crippen molar-refractivity contribution in [1.82, 2.24) is 9.97 Å². The number of hydrogen-bond acceptors (Lipinski definition) is 5. The standard InChI is InChI=1S/C28H19AsN2O3/c32-29(27-12-3-5-16-30-27)25-11-2-1-10-23(25)24-15-14-22(19-26(24)29)33-20-8-7-9-21(18-20)34-28-13-4-6-17-31-28/h1-19H. The van der Waals surface area contributed by atoms with Gasteiger partial charge >= 0.3 is 200 Å². The Labute approximate surface area is 199 Å². The molecule has 0 saturated carbocycles. The van der Waals surface area contributed by atoms with Crippen LogP contribution in [-0.2, 0) is 3.74 Å². The van der Waals surface area contributed by atoms with Crippen molar-refractivity contribution in [3.05, 3.63) is 116 Å². The van der Waals surface area contributed by atoms with Crippen molar-refractivity contribution < 1.29 is 13.2 Å². The summed E-state index contributed by atoms with van der Waals surface area (Å²) in [6, 6.07) is 32.2. The quantitative estimate of drug-likeness (QED) is 0.324. The van der Waals surface area contributed by atoms with E-state index in [9.17, 15) is 3.74 Å². The van der Waals surface area contributed by atoms with E-state index in [1.54, 1.807) is 24.5 Å². The zero-order valence-electron chi connectivity index (χ0n) is 18.0. The normalized spacial score (nSPS) is 15.9. The van der Waals surface area contributed by atoms with Crippen LogP contribution in [0.15, 0.2) is 116 Å². The Hall–Kier alpha value is -4.08. The van der Waals surface area contributed by atoms with Gasteiger partial charge in [-0.1, -0.05) is 0 Å². The SMILES string of the molecule is O=[As]1(c2ccccn2)c2ccccc2-c2ccc(Oc3cccc(Oc4ccccn4)c3)cc21. The van der Waals surface area contributed by atoms with E-state index in [2.05, 4.69) is 9.97 Å². The molecule has 0 fully saturated rings. The Balaban J connectivity index is 1.37. The van der Waals surface area contributed by atoms with Gasteiger partial charge in [-0.05, 0) is 0 Å². The molecule has 0 bridgehead atoms. The molecule has 34 heavy (non-hydrogen) atoms. The average Bonchev–Trinajstić information content (AvgIpc) is 3.14. The van der Waals surface area contributed by atoms with Gasteiger partial charge in [-0.15, -0.1) is 0 Å². The molecular formula is C28H19AsN2O3. The molecule has 6 rings (SSSR count). The number of hydrogen-bond donors (Lipinski definition) is 0. The molecule has 1 aliphatic rings. The summed E-state index contributed by atoms with van der Waals surface area (Å²) in [7, 11) is 0. The number of pyridine rings is 2. The Kier molecular flexibility index (Phi) is 5.05. The number of rotatable bonds is 5. The van der Waals surface area contributed by atoms with E-state index in [0.717, 1.165) is 19.8 Å². The molecule has 6 heteroatoms. The van der Waals surface area contributed by atoms with Crippen molar-refractivity contribution >= 4 is 26.7 Å². The van der Waals surface area contributed by atoms with Crippen LogP contribution >= 0.6 is 0 Å². The second-order valence-electron chi connectivity index (χ2n) is 7.84. The number of nitrogens with zero attached hydrogens (tertiary/aromatic N) is 2. The fourth-order valence-corrected chi connectivity index (χ4v) is 10.4. The van der Waals surface area contributed by atoms with Gasteiger partial charge in [0.15, 0.2) is 0 Å². The van der Waals surface area contributed by atoms with Crippen LogP contribution in [0.25, 0.3) is 11.1 Å². The van der Waals surface area contributed by atoms with Crippen molar-refractivity contribution in [2.24, 2.45) is 0 Å². The van der Waals surface area contributed by atoms with Gasteiger partial charge in [0.25, 0.3) is 0 Å². The first-order valence-corrected chi connectivity index (χ1v) is 14.4. The molecule has 0 radical (unpaired) electrons. The van der Waals surface area contributed by atoms with Crippen LogP contribution in [-0.4, -0.2) is 23.5 Å². The van der Waals surface area contributed by atoms with Crippen molar-refractivity contribution in [3.8, 4) is 34.3 Å². The third-order valence-corrected chi connectivity index (χ3v) is 12.1. The van der Waals surface area contributed by atoms with E-state index in [1.807, 2.05) is 91.0 Å². The summed E-state index contributed by atoms with van der Waals surface area (Å²) in [5.74, 6) is 2.35. The maximum atomic E-state index is 14.6. The van der Waals surface area contributed by atoms with E-state index in [4.69, 9.17) is 9.47 Å². The first kappa shape index (κ1) is 20.5. The van der Waals surface area contributed by atoms with Gasteiger partial charge in [-0.25, -0.2) is 0 Å². The second kappa shape index (κ2) is 8.36. The van der Waals surface area contributed by atoms with E-state index in [1.165, 1.54) is 0 Å².